The summed E-state index contributed by atoms with van der Waals surface area (Å²) in [5.74, 6) is -1.69. The number of carbonyl (C=O) groups is 4. The molecule has 2 unspecified atom stereocenters. The van der Waals surface area contributed by atoms with Gasteiger partial charge in [-0.1, -0.05) is 36.4 Å². The lowest BCUT2D eigenvalue weighted by Gasteiger charge is -2.38. The molecule has 3 aliphatic rings. The second-order valence-corrected chi connectivity index (χ2v) is 9.24. The van der Waals surface area contributed by atoms with Crippen molar-refractivity contribution < 1.29 is 19.2 Å². The van der Waals surface area contributed by atoms with Gasteiger partial charge in [0.2, 0.25) is 17.7 Å². The van der Waals surface area contributed by atoms with Crippen molar-refractivity contribution in [2.75, 3.05) is 42.6 Å². The molecule has 2 aromatic rings. The summed E-state index contributed by atoms with van der Waals surface area (Å²) in [6, 6.07) is 16.6. The van der Waals surface area contributed by atoms with Crippen molar-refractivity contribution in [1.29, 1.82) is 0 Å². The SMILES string of the molecule is O=C(NCC(=O)N1CCN(c2ccccc2)CC1)c1cccc(N2NC(=O)C3CC=CCC3C2=O)c1. The molecule has 186 valence electrons. The van der Waals surface area contributed by atoms with Crippen molar-refractivity contribution in [2.45, 2.75) is 12.8 Å². The largest absolute Gasteiger partial charge is 0.368 e. The lowest BCUT2D eigenvalue weighted by atomic mass is 9.80. The average molecular weight is 488 g/mol. The Morgan fingerprint density at radius 1 is 0.861 bits per heavy atom. The summed E-state index contributed by atoms with van der Waals surface area (Å²) in [5.41, 5.74) is 4.53. The van der Waals surface area contributed by atoms with Gasteiger partial charge in [-0.2, -0.15) is 0 Å². The second-order valence-electron chi connectivity index (χ2n) is 9.24. The highest BCUT2D eigenvalue weighted by Gasteiger charge is 2.42. The molecule has 2 aliphatic heterocycles. The Hall–Kier alpha value is -4.14. The molecule has 2 atom stereocenters. The number of para-hydroxylation sites is 1. The summed E-state index contributed by atoms with van der Waals surface area (Å²) in [7, 11) is 0. The van der Waals surface area contributed by atoms with E-state index in [1.165, 1.54) is 5.01 Å². The van der Waals surface area contributed by atoms with Crippen LogP contribution in [0.25, 0.3) is 0 Å². The quantitative estimate of drug-likeness (QED) is 0.626. The van der Waals surface area contributed by atoms with Crippen molar-refractivity contribution in [3.05, 3.63) is 72.3 Å². The normalized spacial score (nSPS) is 21.6. The van der Waals surface area contributed by atoms with Crippen LogP contribution in [0.2, 0.25) is 0 Å². The number of hydrazine groups is 1. The maximum atomic E-state index is 13.0. The predicted molar refractivity (Wildman–Crippen MR) is 135 cm³/mol. The first-order valence-corrected chi connectivity index (χ1v) is 12.3. The van der Waals surface area contributed by atoms with E-state index >= 15 is 0 Å². The van der Waals surface area contributed by atoms with Crippen LogP contribution in [-0.2, 0) is 14.4 Å². The standard InChI is InChI=1S/C27H29N5O4/c33-24(31-15-13-30(14-16-31)20-8-2-1-3-9-20)18-28-25(34)19-7-6-10-21(17-19)32-27(36)23-12-5-4-11-22(23)26(35)29-32/h1-10,17,22-23H,11-16,18H2,(H,28,34)(H,29,35). The van der Waals surface area contributed by atoms with Gasteiger partial charge in [-0.25, -0.2) is 5.01 Å². The van der Waals surface area contributed by atoms with Crippen molar-refractivity contribution in [3.8, 4) is 0 Å². The summed E-state index contributed by atoms with van der Waals surface area (Å²) >= 11 is 0. The van der Waals surface area contributed by atoms with E-state index in [0.29, 0.717) is 37.2 Å². The van der Waals surface area contributed by atoms with Crippen LogP contribution in [0.3, 0.4) is 0 Å². The van der Waals surface area contributed by atoms with Crippen LogP contribution >= 0.6 is 0 Å². The number of allylic oxidation sites excluding steroid dienone is 2. The fraction of sp³-hybridized carbons (Fsp3) is 0.333. The van der Waals surface area contributed by atoms with E-state index in [-0.39, 0.29) is 30.2 Å². The number of hydrogen-bond acceptors (Lipinski definition) is 5. The van der Waals surface area contributed by atoms with Crippen molar-refractivity contribution in [3.63, 3.8) is 0 Å². The van der Waals surface area contributed by atoms with Crippen LogP contribution in [0, 0.1) is 11.8 Å². The van der Waals surface area contributed by atoms with Crippen LogP contribution in [-0.4, -0.2) is 61.3 Å². The van der Waals surface area contributed by atoms with Gasteiger partial charge in [0, 0.05) is 37.4 Å². The number of amides is 4. The Morgan fingerprint density at radius 3 is 2.31 bits per heavy atom. The van der Waals surface area contributed by atoms with Crippen molar-refractivity contribution in [1.82, 2.24) is 15.6 Å². The zero-order valence-corrected chi connectivity index (χ0v) is 19.9. The van der Waals surface area contributed by atoms with Gasteiger partial charge in [-0.15, -0.1) is 0 Å². The number of nitrogens with zero attached hydrogens (tertiary/aromatic N) is 3. The lowest BCUT2D eigenvalue weighted by Crippen LogP contribution is -2.59. The van der Waals surface area contributed by atoms with Crippen LogP contribution in [0.4, 0.5) is 11.4 Å². The van der Waals surface area contributed by atoms with Gasteiger partial charge in [0.1, 0.15) is 0 Å². The third-order valence-corrected chi connectivity index (χ3v) is 7.05. The van der Waals surface area contributed by atoms with Crippen LogP contribution in [0.15, 0.2) is 66.7 Å². The third kappa shape index (κ3) is 4.82. The molecule has 9 nitrogen and oxygen atoms in total. The van der Waals surface area contributed by atoms with E-state index in [4.69, 9.17) is 0 Å². The minimum atomic E-state index is -0.414. The van der Waals surface area contributed by atoms with E-state index < -0.39 is 11.8 Å². The maximum Gasteiger partial charge on any atom is 0.251 e. The molecule has 2 aromatic carbocycles. The molecule has 4 amide bonds. The molecule has 2 heterocycles. The number of fused-ring (bicyclic) bond motifs is 1. The number of hydrogen-bond donors (Lipinski definition) is 2. The summed E-state index contributed by atoms with van der Waals surface area (Å²) in [4.78, 5) is 55.0. The molecule has 0 bridgehead atoms. The maximum absolute atomic E-state index is 13.0. The number of nitrogens with one attached hydrogen (secondary N) is 2. The minimum Gasteiger partial charge on any atom is -0.368 e. The van der Waals surface area contributed by atoms with Crippen LogP contribution in [0.1, 0.15) is 23.2 Å². The predicted octanol–water partition coefficient (Wildman–Crippen LogP) is 1.73. The molecule has 2 saturated heterocycles. The molecule has 2 fully saturated rings. The van der Waals surface area contributed by atoms with Gasteiger partial charge >= 0.3 is 0 Å². The highest BCUT2D eigenvalue weighted by Crippen LogP contribution is 2.32. The smallest absolute Gasteiger partial charge is 0.251 e. The van der Waals surface area contributed by atoms with Gasteiger partial charge < -0.3 is 15.1 Å². The van der Waals surface area contributed by atoms with Gasteiger partial charge in [-0.3, -0.25) is 24.6 Å². The number of benzene rings is 2. The second kappa shape index (κ2) is 10.2. The average Bonchev–Trinajstić information content (AvgIpc) is 2.94. The number of rotatable bonds is 5. The number of carbonyl (C=O) groups excluding carboxylic acids is 4. The molecule has 0 radical (unpaired) electrons. The fourth-order valence-corrected chi connectivity index (χ4v) is 4.99. The Balaban J connectivity index is 1.17. The summed E-state index contributed by atoms with van der Waals surface area (Å²) < 4.78 is 0. The molecule has 0 saturated carbocycles. The number of anilines is 2. The Morgan fingerprint density at radius 2 is 1.56 bits per heavy atom. The molecule has 1 aliphatic carbocycles. The van der Waals surface area contributed by atoms with Gasteiger partial charge in [0.05, 0.1) is 24.1 Å². The van der Waals surface area contributed by atoms with E-state index in [2.05, 4.69) is 27.8 Å². The molecule has 2 N–H and O–H groups in total. The van der Waals surface area contributed by atoms with Gasteiger partial charge in [0.15, 0.2) is 0 Å². The molecule has 0 spiro atoms. The van der Waals surface area contributed by atoms with E-state index in [1.54, 1.807) is 29.2 Å². The molecule has 36 heavy (non-hydrogen) atoms. The molecular weight excluding hydrogens is 458 g/mol. The highest BCUT2D eigenvalue weighted by atomic mass is 16.2. The van der Waals surface area contributed by atoms with E-state index in [9.17, 15) is 19.2 Å². The Labute approximate surface area is 209 Å². The Kier molecular flexibility index (Phi) is 6.71. The van der Waals surface area contributed by atoms with Crippen LogP contribution in [0.5, 0.6) is 0 Å². The zero-order valence-electron chi connectivity index (χ0n) is 19.9. The first-order chi connectivity index (χ1) is 17.5. The molecular formula is C27H29N5O4. The monoisotopic (exact) mass is 487 g/mol. The van der Waals surface area contributed by atoms with E-state index in [0.717, 1.165) is 18.8 Å². The van der Waals surface area contributed by atoms with Gasteiger partial charge in [-0.05, 0) is 43.2 Å². The zero-order chi connectivity index (χ0) is 25.1. The summed E-state index contributed by atoms with van der Waals surface area (Å²) in [6.07, 6.45) is 4.93. The van der Waals surface area contributed by atoms with Crippen molar-refractivity contribution in [2.24, 2.45) is 11.8 Å². The fourth-order valence-electron chi connectivity index (χ4n) is 4.99. The third-order valence-electron chi connectivity index (χ3n) is 7.05. The minimum absolute atomic E-state index is 0.107. The van der Waals surface area contributed by atoms with E-state index in [1.807, 2.05) is 30.4 Å². The molecule has 5 rings (SSSR count). The first-order valence-electron chi connectivity index (χ1n) is 12.3. The number of piperazine rings is 1. The summed E-state index contributed by atoms with van der Waals surface area (Å²) in [5, 5.41) is 3.92. The summed E-state index contributed by atoms with van der Waals surface area (Å²) in [6.45, 7) is 2.54. The van der Waals surface area contributed by atoms with Gasteiger partial charge in [0.25, 0.3) is 5.91 Å². The molecule has 9 heteroatoms. The Bertz CT molecular complexity index is 1190. The highest BCUT2D eigenvalue weighted by molar-refractivity contribution is 6.05. The molecule has 0 aromatic heterocycles. The topological polar surface area (TPSA) is 102 Å². The lowest BCUT2D eigenvalue weighted by molar-refractivity contribution is -0.140. The van der Waals surface area contributed by atoms with Crippen LogP contribution < -0.4 is 20.7 Å². The van der Waals surface area contributed by atoms with Crippen molar-refractivity contribution >= 4 is 35.0 Å². The first kappa shape index (κ1) is 23.6.